The molecule has 0 aromatic rings. The molecule has 0 heteroatoms. The Kier molecular flexibility index (Phi) is 10.2. The molecule has 4 bridgehead atoms. The first-order valence-electron chi connectivity index (χ1n) is 12.5. The van der Waals surface area contributed by atoms with Gasteiger partial charge in [-0.1, -0.05) is 64.3 Å². The number of terminal acetylenes is 1. The van der Waals surface area contributed by atoms with Gasteiger partial charge in [-0.25, -0.2) is 0 Å². The summed E-state index contributed by atoms with van der Waals surface area (Å²) in [6.07, 6.45) is 26.8. The van der Waals surface area contributed by atoms with Gasteiger partial charge in [0.15, 0.2) is 0 Å². The molecule has 6 aliphatic rings. The first-order chi connectivity index (χ1) is 14.3. The topological polar surface area (TPSA) is 0 Å². The van der Waals surface area contributed by atoms with Gasteiger partial charge in [0.25, 0.3) is 0 Å². The predicted molar refractivity (Wildman–Crippen MR) is 128 cm³/mol. The second kappa shape index (κ2) is 12.3. The highest BCUT2D eigenvalue weighted by molar-refractivity contribution is 5.20. The van der Waals surface area contributed by atoms with Gasteiger partial charge in [0, 0.05) is 0 Å². The van der Waals surface area contributed by atoms with E-state index in [1.54, 1.807) is 19.8 Å². The van der Waals surface area contributed by atoms with E-state index >= 15 is 0 Å². The van der Waals surface area contributed by atoms with Crippen molar-refractivity contribution in [1.82, 2.24) is 0 Å². The molecule has 0 aliphatic heterocycles. The molecule has 0 radical (unpaired) electrons. The lowest BCUT2D eigenvalue weighted by molar-refractivity contribution is 0.285. The van der Waals surface area contributed by atoms with E-state index < -0.39 is 0 Å². The minimum atomic E-state index is 1.01. The third-order valence-electron chi connectivity index (χ3n) is 8.00. The van der Waals surface area contributed by atoms with Gasteiger partial charge >= 0.3 is 0 Å². The average Bonchev–Trinajstić information content (AvgIpc) is 3.57. The van der Waals surface area contributed by atoms with Gasteiger partial charge < -0.3 is 0 Å². The first-order valence-corrected chi connectivity index (χ1v) is 12.5. The summed E-state index contributed by atoms with van der Waals surface area (Å²) in [7, 11) is 0. The largest absolute Gasteiger partial charge is 0.106 e. The summed E-state index contributed by atoms with van der Waals surface area (Å²) >= 11 is 0. The summed E-state index contributed by atoms with van der Waals surface area (Å²) in [5.74, 6) is 15.7. The number of hydrogen-bond acceptors (Lipinski definition) is 0. The number of hydrogen-bond donors (Lipinski definition) is 0. The van der Waals surface area contributed by atoms with Crippen LogP contribution in [-0.2, 0) is 0 Å². The maximum atomic E-state index is 4.72. The highest BCUT2D eigenvalue weighted by Gasteiger charge is 2.47. The van der Waals surface area contributed by atoms with E-state index in [0.717, 1.165) is 47.3 Å². The van der Waals surface area contributed by atoms with Crippen LogP contribution in [0.5, 0.6) is 0 Å². The molecule has 29 heavy (non-hydrogen) atoms. The lowest BCUT2D eigenvalue weighted by Gasteiger charge is -2.23. The molecule has 0 heterocycles. The Bertz CT molecular complexity index is 615. The van der Waals surface area contributed by atoms with Crippen molar-refractivity contribution in [1.29, 1.82) is 0 Å². The van der Waals surface area contributed by atoms with Crippen LogP contribution in [0.25, 0.3) is 0 Å². The molecule has 0 amide bonds. The molecule has 4 fully saturated rings. The van der Waals surface area contributed by atoms with Crippen molar-refractivity contribution in [2.75, 3.05) is 0 Å². The summed E-state index contributed by atoms with van der Waals surface area (Å²) in [4.78, 5) is 0. The SMILES string of the molecule is C#CC#CC.C1=CC2C3CCC(C3)C2C1.C1=CC2CC1C1CCCC21.CC.CC. The second-order valence-corrected chi connectivity index (χ2v) is 8.96. The second-order valence-electron chi connectivity index (χ2n) is 8.96. The lowest BCUT2D eigenvalue weighted by Crippen LogP contribution is -2.16. The molecule has 0 N–H and O–H groups in total. The Morgan fingerprint density at radius 2 is 1.38 bits per heavy atom. The molecule has 6 rings (SSSR count). The van der Waals surface area contributed by atoms with Crippen LogP contribution in [0.4, 0.5) is 0 Å². The van der Waals surface area contributed by atoms with Crippen LogP contribution in [0.3, 0.4) is 0 Å². The van der Waals surface area contributed by atoms with Crippen molar-refractivity contribution >= 4 is 0 Å². The monoisotopic (exact) mass is 392 g/mol. The van der Waals surface area contributed by atoms with Crippen molar-refractivity contribution in [2.24, 2.45) is 47.3 Å². The molecular weight excluding hydrogens is 348 g/mol. The molecule has 8 atom stereocenters. The smallest absolute Gasteiger partial charge is 0.00168 e. The Balaban J connectivity index is 0.000000150. The van der Waals surface area contributed by atoms with Gasteiger partial charge in [-0.2, -0.15) is 0 Å². The number of fused-ring (bicyclic) bond motifs is 10. The first kappa shape index (κ1) is 23.9. The van der Waals surface area contributed by atoms with Gasteiger partial charge in [0.2, 0.25) is 0 Å². The van der Waals surface area contributed by atoms with E-state index in [-0.39, 0.29) is 0 Å². The van der Waals surface area contributed by atoms with Gasteiger partial charge in [-0.15, -0.1) is 6.42 Å². The molecule has 0 aromatic heterocycles. The summed E-state index contributed by atoms with van der Waals surface area (Å²) in [6.45, 7) is 9.71. The van der Waals surface area contributed by atoms with Crippen molar-refractivity contribution in [3.05, 3.63) is 24.3 Å². The molecule has 0 saturated heterocycles. The Morgan fingerprint density at radius 1 is 0.759 bits per heavy atom. The summed E-state index contributed by atoms with van der Waals surface area (Å²) in [5.41, 5.74) is 0. The maximum Gasteiger partial charge on any atom is -0.00168 e. The zero-order chi connectivity index (χ0) is 21.2. The molecule has 160 valence electrons. The molecular formula is C29H44. The van der Waals surface area contributed by atoms with E-state index in [9.17, 15) is 0 Å². The number of rotatable bonds is 0. The Hall–Kier alpha value is -1.40. The lowest BCUT2D eigenvalue weighted by atomic mass is 9.82. The molecule has 0 spiro atoms. The zero-order valence-corrected chi connectivity index (χ0v) is 19.7. The van der Waals surface area contributed by atoms with E-state index in [1.165, 1.54) is 38.5 Å². The van der Waals surface area contributed by atoms with E-state index in [1.807, 2.05) is 27.7 Å². The quantitative estimate of drug-likeness (QED) is 0.290. The van der Waals surface area contributed by atoms with E-state index in [2.05, 4.69) is 42.1 Å². The molecule has 0 nitrogen and oxygen atoms in total. The minimum absolute atomic E-state index is 1.01. The van der Waals surface area contributed by atoms with Crippen molar-refractivity contribution in [2.45, 2.75) is 86.0 Å². The van der Waals surface area contributed by atoms with E-state index in [0.29, 0.717) is 0 Å². The standard InChI is InChI=1S/2C10H14.C5H4.2C2H6/c2*1-2-9-7-4-5-8(6-7)10(9)3-1;1-3-5-4-2;2*1-2/h4-5,7-10H,1-3,6H2;1-2,7-10H,3-6H2;1H,2H3;2*1-2H3. The van der Waals surface area contributed by atoms with Crippen LogP contribution in [0.2, 0.25) is 0 Å². The maximum absolute atomic E-state index is 4.72. The fourth-order valence-electron chi connectivity index (χ4n) is 7.04. The fraction of sp³-hybridized carbons (Fsp3) is 0.724. The van der Waals surface area contributed by atoms with Crippen molar-refractivity contribution < 1.29 is 0 Å². The highest BCUT2D eigenvalue weighted by Crippen LogP contribution is 2.56. The number of allylic oxidation sites excluding steroid dienone is 4. The van der Waals surface area contributed by atoms with Crippen LogP contribution in [-0.4, -0.2) is 0 Å². The van der Waals surface area contributed by atoms with Gasteiger partial charge in [-0.3, -0.25) is 0 Å². The summed E-state index contributed by atoms with van der Waals surface area (Å²) in [5, 5.41) is 0. The molecule has 0 aromatic carbocycles. The van der Waals surface area contributed by atoms with Crippen LogP contribution < -0.4 is 0 Å². The van der Waals surface area contributed by atoms with Crippen LogP contribution >= 0.6 is 0 Å². The van der Waals surface area contributed by atoms with Crippen molar-refractivity contribution in [3.8, 4) is 24.2 Å². The van der Waals surface area contributed by atoms with Crippen LogP contribution in [0, 0.1) is 71.5 Å². The molecule has 8 unspecified atom stereocenters. The van der Waals surface area contributed by atoms with Crippen molar-refractivity contribution in [3.63, 3.8) is 0 Å². The summed E-state index contributed by atoms with van der Waals surface area (Å²) in [6, 6.07) is 0. The zero-order valence-electron chi connectivity index (χ0n) is 19.7. The molecule has 6 aliphatic carbocycles. The summed E-state index contributed by atoms with van der Waals surface area (Å²) < 4.78 is 0. The third-order valence-corrected chi connectivity index (χ3v) is 8.00. The van der Waals surface area contributed by atoms with Crippen LogP contribution in [0.15, 0.2) is 24.3 Å². The van der Waals surface area contributed by atoms with Gasteiger partial charge in [0.05, 0.1) is 0 Å². The normalized spacial score (nSPS) is 39.6. The molecule has 4 saturated carbocycles. The minimum Gasteiger partial charge on any atom is -0.106 e. The predicted octanol–water partition coefficient (Wildman–Crippen LogP) is 7.91. The van der Waals surface area contributed by atoms with E-state index in [4.69, 9.17) is 6.42 Å². The average molecular weight is 393 g/mol. The van der Waals surface area contributed by atoms with Gasteiger partial charge in [-0.05, 0) is 111 Å². The third kappa shape index (κ3) is 5.40. The van der Waals surface area contributed by atoms with Crippen LogP contribution in [0.1, 0.15) is 86.0 Å². The Labute approximate surface area is 182 Å². The van der Waals surface area contributed by atoms with Gasteiger partial charge in [0.1, 0.15) is 0 Å². The Morgan fingerprint density at radius 3 is 1.90 bits per heavy atom. The fourth-order valence-corrected chi connectivity index (χ4v) is 7.04. The highest BCUT2D eigenvalue weighted by atomic mass is 14.5.